The van der Waals surface area contributed by atoms with Crippen LogP contribution in [0.15, 0.2) is 78.4 Å². The number of anilines is 2. The van der Waals surface area contributed by atoms with Crippen LogP contribution in [0.3, 0.4) is 0 Å². The van der Waals surface area contributed by atoms with Crippen LogP contribution in [0.1, 0.15) is 63.5 Å². The van der Waals surface area contributed by atoms with Gasteiger partial charge in [-0.3, -0.25) is 0 Å². The summed E-state index contributed by atoms with van der Waals surface area (Å²) >= 11 is 0. The Balaban J connectivity index is 1.62. The van der Waals surface area contributed by atoms with Crippen LogP contribution in [0, 0.1) is 11.3 Å². The molecule has 1 heterocycles. The molecule has 36 heavy (non-hydrogen) atoms. The summed E-state index contributed by atoms with van der Waals surface area (Å²) in [4.78, 5) is 13.8. The first-order valence-corrected chi connectivity index (χ1v) is 12.9. The zero-order valence-corrected chi connectivity index (χ0v) is 21.0. The number of para-hydroxylation sites is 1. The summed E-state index contributed by atoms with van der Waals surface area (Å²) in [6, 6.07) is 27.3. The van der Waals surface area contributed by atoms with Crippen molar-refractivity contribution in [2.75, 3.05) is 4.90 Å². The molecule has 2 unspecified atom stereocenters. The van der Waals surface area contributed by atoms with Gasteiger partial charge < -0.3 is 10.0 Å². The maximum Gasteiger partial charge on any atom is 0.346 e. The molecule has 1 aliphatic heterocycles. The topological polar surface area (TPSA) is 64.3 Å². The monoisotopic (exact) mass is 476 g/mol. The lowest BCUT2D eigenvalue weighted by molar-refractivity contribution is -0.132. The first kappa shape index (κ1) is 23.9. The summed E-state index contributed by atoms with van der Waals surface area (Å²) in [5.41, 5.74) is 6.93. The summed E-state index contributed by atoms with van der Waals surface area (Å²) < 4.78 is 0. The van der Waals surface area contributed by atoms with Crippen molar-refractivity contribution in [2.45, 2.75) is 63.3 Å². The maximum atomic E-state index is 11.2. The Bertz CT molecular complexity index is 1350. The van der Waals surface area contributed by atoms with Gasteiger partial charge in [-0.05, 0) is 78.3 Å². The molecule has 1 N–H and O–H groups in total. The van der Waals surface area contributed by atoms with E-state index in [0.717, 1.165) is 18.4 Å². The Hall–Kier alpha value is -3.84. The number of aliphatic carboxylic acids is 1. The molecule has 0 spiro atoms. The van der Waals surface area contributed by atoms with E-state index in [9.17, 15) is 4.79 Å². The maximum absolute atomic E-state index is 11.2. The van der Waals surface area contributed by atoms with Crippen LogP contribution < -0.4 is 4.90 Å². The highest BCUT2D eigenvalue weighted by Gasteiger charge is 2.60. The number of nitriles is 1. The number of hydrogen-bond donors (Lipinski definition) is 1. The standard InChI is InChI=1S/C32H32N2O2/c1-3-31-18-8-9-19-32(31,4-2)34(27-10-6-5-7-11-27)29-17-16-25(21-28(29)31)24-14-12-23(13-15-24)20-26(22-33)30(35)36/h5-7,10-17,20-21H,3-4,8-9,18-19H2,1-2H3,(H,35,36)/b26-20+. The number of carboxylic acids is 1. The Morgan fingerprint density at radius 3 is 2.31 bits per heavy atom. The van der Waals surface area contributed by atoms with E-state index in [1.165, 1.54) is 54.3 Å². The Labute approximate surface area is 213 Å². The fraction of sp³-hybridized carbons (Fsp3) is 0.312. The van der Waals surface area contributed by atoms with Crippen molar-refractivity contribution < 1.29 is 9.90 Å². The number of hydrogen-bond acceptors (Lipinski definition) is 3. The molecule has 3 aromatic carbocycles. The number of nitrogens with zero attached hydrogens (tertiary/aromatic N) is 2. The third kappa shape index (κ3) is 3.54. The molecular weight excluding hydrogens is 444 g/mol. The van der Waals surface area contributed by atoms with Crippen molar-refractivity contribution in [3.05, 3.63) is 89.5 Å². The van der Waals surface area contributed by atoms with Gasteiger partial charge in [0.15, 0.2) is 0 Å². The van der Waals surface area contributed by atoms with Gasteiger partial charge in [-0.15, -0.1) is 0 Å². The van der Waals surface area contributed by atoms with Gasteiger partial charge in [0.2, 0.25) is 0 Å². The van der Waals surface area contributed by atoms with Gasteiger partial charge >= 0.3 is 5.97 Å². The van der Waals surface area contributed by atoms with E-state index in [1.54, 1.807) is 6.07 Å². The zero-order chi connectivity index (χ0) is 25.3. The van der Waals surface area contributed by atoms with Crippen LogP contribution in [-0.4, -0.2) is 16.6 Å². The number of fused-ring (bicyclic) bond motifs is 3. The highest BCUT2D eigenvalue weighted by molar-refractivity contribution is 5.96. The van der Waals surface area contributed by atoms with E-state index in [4.69, 9.17) is 10.4 Å². The molecule has 0 saturated heterocycles. The quantitative estimate of drug-likeness (QED) is 0.290. The lowest BCUT2D eigenvalue weighted by Crippen LogP contribution is -2.57. The summed E-state index contributed by atoms with van der Waals surface area (Å²) in [6.45, 7) is 4.72. The van der Waals surface area contributed by atoms with Crippen molar-refractivity contribution in [3.63, 3.8) is 0 Å². The van der Waals surface area contributed by atoms with E-state index in [-0.39, 0.29) is 16.5 Å². The van der Waals surface area contributed by atoms with Crippen LogP contribution in [0.2, 0.25) is 0 Å². The summed E-state index contributed by atoms with van der Waals surface area (Å²) in [7, 11) is 0. The second kappa shape index (κ2) is 9.32. The molecule has 0 aromatic heterocycles. The highest BCUT2D eigenvalue weighted by atomic mass is 16.4. The Morgan fingerprint density at radius 2 is 1.67 bits per heavy atom. The van der Waals surface area contributed by atoms with Gasteiger partial charge in [0.1, 0.15) is 11.6 Å². The molecule has 1 fully saturated rings. The van der Waals surface area contributed by atoms with Crippen molar-refractivity contribution in [1.29, 1.82) is 5.26 Å². The normalized spacial score (nSPS) is 23.0. The second-order valence-electron chi connectivity index (χ2n) is 10.0. The fourth-order valence-electron chi connectivity index (χ4n) is 6.96. The van der Waals surface area contributed by atoms with E-state index >= 15 is 0 Å². The molecular formula is C32H32N2O2. The lowest BCUT2D eigenvalue weighted by Gasteiger charge is -2.53. The van der Waals surface area contributed by atoms with Crippen LogP contribution in [0.4, 0.5) is 11.4 Å². The van der Waals surface area contributed by atoms with E-state index < -0.39 is 5.97 Å². The van der Waals surface area contributed by atoms with Gasteiger partial charge in [0.25, 0.3) is 0 Å². The molecule has 5 rings (SSSR count). The van der Waals surface area contributed by atoms with E-state index in [1.807, 2.05) is 24.3 Å². The van der Waals surface area contributed by atoms with E-state index in [2.05, 4.69) is 67.3 Å². The first-order chi connectivity index (χ1) is 17.5. The van der Waals surface area contributed by atoms with Gasteiger partial charge in [-0.1, -0.05) is 75.2 Å². The Morgan fingerprint density at radius 1 is 0.972 bits per heavy atom. The molecule has 3 aromatic rings. The average molecular weight is 477 g/mol. The smallest absolute Gasteiger partial charge is 0.346 e. The van der Waals surface area contributed by atoms with Crippen molar-refractivity contribution in [1.82, 2.24) is 0 Å². The van der Waals surface area contributed by atoms with Crippen molar-refractivity contribution >= 4 is 23.4 Å². The van der Waals surface area contributed by atoms with Gasteiger partial charge in [0.05, 0.1) is 5.54 Å². The minimum atomic E-state index is -1.21. The molecule has 1 saturated carbocycles. The van der Waals surface area contributed by atoms with Crippen LogP contribution in [-0.2, 0) is 10.2 Å². The summed E-state index contributed by atoms with van der Waals surface area (Å²) in [6.07, 6.45) is 8.54. The third-order valence-electron chi connectivity index (χ3n) is 8.62. The average Bonchev–Trinajstić information content (AvgIpc) is 3.19. The molecule has 2 aliphatic rings. The van der Waals surface area contributed by atoms with Gasteiger partial charge in [0, 0.05) is 16.8 Å². The largest absolute Gasteiger partial charge is 0.477 e. The lowest BCUT2D eigenvalue weighted by atomic mass is 9.57. The molecule has 1 aliphatic carbocycles. The van der Waals surface area contributed by atoms with Gasteiger partial charge in [-0.25, -0.2) is 4.79 Å². The predicted octanol–water partition coefficient (Wildman–Crippen LogP) is 7.87. The van der Waals surface area contributed by atoms with Gasteiger partial charge in [-0.2, -0.15) is 5.26 Å². The minimum Gasteiger partial charge on any atom is -0.477 e. The summed E-state index contributed by atoms with van der Waals surface area (Å²) in [5.74, 6) is -1.21. The highest BCUT2D eigenvalue weighted by Crippen LogP contribution is 2.63. The molecule has 182 valence electrons. The molecule has 0 amide bonds. The molecule has 2 atom stereocenters. The first-order valence-electron chi connectivity index (χ1n) is 12.9. The van der Waals surface area contributed by atoms with E-state index in [0.29, 0.717) is 5.56 Å². The van der Waals surface area contributed by atoms with Crippen molar-refractivity contribution in [3.8, 4) is 17.2 Å². The van der Waals surface area contributed by atoms with Crippen LogP contribution >= 0.6 is 0 Å². The number of benzene rings is 3. The fourth-order valence-corrected chi connectivity index (χ4v) is 6.96. The Kier molecular flexibility index (Phi) is 6.18. The number of rotatable bonds is 6. The van der Waals surface area contributed by atoms with Crippen LogP contribution in [0.5, 0.6) is 0 Å². The molecule has 4 nitrogen and oxygen atoms in total. The second-order valence-corrected chi connectivity index (χ2v) is 10.0. The third-order valence-corrected chi connectivity index (χ3v) is 8.62. The number of carboxylic acid groups (broad SMARTS) is 1. The SMILES string of the molecule is CCC12CCCCC1(CC)N(c1ccccc1)c1ccc(-c3ccc(/C=C(\C#N)C(=O)O)cc3)cc12. The zero-order valence-electron chi connectivity index (χ0n) is 21.0. The molecule has 4 heteroatoms. The van der Waals surface area contributed by atoms with Crippen molar-refractivity contribution in [2.24, 2.45) is 0 Å². The minimum absolute atomic E-state index is 0.0709. The summed E-state index contributed by atoms with van der Waals surface area (Å²) in [5, 5.41) is 18.2. The molecule has 0 radical (unpaired) electrons. The van der Waals surface area contributed by atoms with Crippen LogP contribution in [0.25, 0.3) is 17.2 Å². The molecule has 0 bridgehead atoms. The predicted molar refractivity (Wildman–Crippen MR) is 145 cm³/mol. The number of carbonyl (C=O) groups is 1.